The molecule has 1 saturated heterocycles. The number of benzene rings is 1. The molecule has 18 heavy (non-hydrogen) atoms. The molecular weight excluding hydrogens is 254 g/mol. The molecule has 2 rings (SSSR count). The van der Waals surface area contributed by atoms with E-state index >= 15 is 0 Å². The van der Waals surface area contributed by atoms with Crippen molar-refractivity contribution < 1.29 is 14.6 Å². The van der Waals surface area contributed by atoms with Crippen LogP contribution < -0.4 is 4.90 Å². The number of hydrogen-bond acceptors (Lipinski definition) is 3. The Hall–Kier alpha value is -1.26. The lowest BCUT2D eigenvalue weighted by Crippen LogP contribution is -2.42. The van der Waals surface area contributed by atoms with Crippen LogP contribution in [0.25, 0.3) is 0 Å². The van der Waals surface area contributed by atoms with Crippen LogP contribution >= 0.6 is 11.6 Å². The highest BCUT2D eigenvalue weighted by atomic mass is 35.5. The van der Waals surface area contributed by atoms with Crippen molar-refractivity contribution >= 4 is 23.3 Å². The van der Waals surface area contributed by atoms with Gasteiger partial charge < -0.3 is 14.7 Å². The Morgan fingerprint density at radius 2 is 2.39 bits per heavy atom. The van der Waals surface area contributed by atoms with Crippen LogP contribution in [-0.2, 0) is 9.53 Å². The van der Waals surface area contributed by atoms with Gasteiger partial charge in [0.15, 0.2) is 0 Å². The first-order valence-electron chi connectivity index (χ1n) is 5.99. The summed E-state index contributed by atoms with van der Waals surface area (Å²) >= 11 is 5.97. The summed E-state index contributed by atoms with van der Waals surface area (Å²) in [6.07, 6.45) is 0.675. The van der Waals surface area contributed by atoms with Crippen LogP contribution in [0.3, 0.4) is 0 Å². The van der Waals surface area contributed by atoms with Gasteiger partial charge in [-0.3, -0.25) is 4.79 Å². The normalized spacial score (nSPS) is 19.8. The molecule has 0 aromatic heterocycles. The number of carbonyl (C=O) groups is 1. The molecule has 1 aromatic rings. The van der Waals surface area contributed by atoms with Crippen molar-refractivity contribution in [2.75, 3.05) is 24.6 Å². The Morgan fingerprint density at radius 1 is 1.56 bits per heavy atom. The molecule has 1 unspecified atom stereocenters. The van der Waals surface area contributed by atoms with Gasteiger partial charge in [0.25, 0.3) is 0 Å². The van der Waals surface area contributed by atoms with Gasteiger partial charge in [0, 0.05) is 30.2 Å². The van der Waals surface area contributed by atoms with E-state index in [-0.39, 0.29) is 12.5 Å². The Bertz CT molecular complexity index is 424. The summed E-state index contributed by atoms with van der Waals surface area (Å²) < 4.78 is 5.57. The Morgan fingerprint density at radius 3 is 3.11 bits per heavy atom. The lowest BCUT2D eigenvalue weighted by Gasteiger charge is -2.34. The molecule has 1 N–H and O–H groups in total. The standard InChI is InChI=1S/C13H16ClNO3/c14-10-2-1-3-11(8-10)15-6-7-18-12(9-15)4-5-13(16)17/h1-3,8,12H,4-7,9H2,(H,16,17). The molecule has 1 aliphatic rings. The molecule has 0 amide bonds. The Balaban J connectivity index is 1.96. The third-order valence-electron chi connectivity index (χ3n) is 2.99. The molecule has 1 fully saturated rings. The Labute approximate surface area is 111 Å². The van der Waals surface area contributed by atoms with Crippen molar-refractivity contribution in [2.24, 2.45) is 0 Å². The van der Waals surface area contributed by atoms with Crippen molar-refractivity contribution in [2.45, 2.75) is 18.9 Å². The highest BCUT2D eigenvalue weighted by Gasteiger charge is 2.21. The van der Waals surface area contributed by atoms with Gasteiger partial charge in [0.1, 0.15) is 0 Å². The minimum atomic E-state index is -0.779. The summed E-state index contributed by atoms with van der Waals surface area (Å²) in [6.45, 7) is 2.15. The average molecular weight is 270 g/mol. The van der Waals surface area contributed by atoms with Gasteiger partial charge in [-0.2, -0.15) is 0 Å². The van der Waals surface area contributed by atoms with Gasteiger partial charge in [0.05, 0.1) is 12.7 Å². The minimum Gasteiger partial charge on any atom is -0.481 e. The number of carboxylic acid groups (broad SMARTS) is 1. The average Bonchev–Trinajstić information content (AvgIpc) is 2.37. The molecule has 0 spiro atoms. The van der Waals surface area contributed by atoms with E-state index in [1.165, 1.54) is 0 Å². The second kappa shape index (κ2) is 6.07. The maximum Gasteiger partial charge on any atom is 0.303 e. The van der Waals surface area contributed by atoms with Crippen LogP contribution in [0.15, 0.2) is 24.3 Å². The van der Waals surface area contributed by atoms with Gasteiger partial charge in [-0.1, -0.05) is 17.7 Å². The van der Waals surface area contributed by atoms with Crippen molar-refractivity contribution in [1.82, 2.24) is 0 Å². The predicted octanol–water partition coefficient (Wildman–Crippen LogP) is 2.41. The van der Waals surface area contributed by atoms with E-state index in [4.69, 9.17) is 21.4 Å². The second-order valence-corrected chi connectivity index (χ2v) is 4.79. The molecule has 0 bridgehead atoms. The first-order valence-corrected chi connectivity index (χ1v) is 6.37. The molecule has 0 aliphatic carbocycles. The second-order valence-electron chi connectivity index (χ2n) is 4.35. The fraction of sp³-hybridized carbons (Fsp3) is 0.462. The van der Waals surface area contributed by atoms with E-state index < -0.39 is 5.97 Å². The first kappa shape index (κ1) is 13.2. The van der Waals surface area contributed by atoms with E-state index in [0.29, 0.717) is 24.6 Å². The topological polar surface area (TPSA) is 49.8 Å². The van der Waals surface area contributed by atoms with E-state index in [0.717, 1.165) is 12.2 Å². The zero-order valence-electron chi connectivity index (χ0n) is 10.0. The molecule has 0 saturated carbocycles. The molecular formula is C13H16ClNO3. The lowest BCUT2D eigenvalue weighted by molar-refractivity contribution is -0.137. The van der Waals surface area contributed by atoms with Crippen molar-refractivity contribution in [3.05, 3.63) is 29.3 Å². The number of rotatable bonds is 4. The summed E-state index contributed by atoms with van der Waals surface area (Å²) in [5, 5.41) is 9.39. The number of carboxylic acids is 1. The maximum atomic E-state index is 10.6. The minimum absolute atomic E-state index is 0.0196. The third kappa shape index (κ3) is 3.62. The highest BCUT2D eigenvalue weighted by molar-refractivity contribution is 6.30. The largest absolute Gasteiger partial charge is 0.481 e. The molecule has 1 heterocycles. The number of anilines is 1. The summed E-state index contributed by atoms with van der Waals surface area (Å²) in [5.41, 5.74) is 1.06. The molecule has 1 aliphatic heterocycles. The van der Waals surface area contributed by atoms with Crippen molar-refractivity contribution in [3.8, 4) is 0 Å². The lowest BCUT2D eigenvalue weighted by atomic mass is 10.1. The fourth-order valence-electron chi connectivity index (χ4n) is 2.09. The maximum absolute atomic E-state index is 10.6. The van der Waals surface area contributed by atoms with E-state index in [1.54, 1.807) is 0 Å². The number of ether oxygens (including phenoxy) is 1. The van der Waals surface area contributed by atoms with Gasteiger partial charge in [-0.15, -0.1) is 0 Å². The monoisotopic (exact) mass is 269 g/mol. The van der Waals surface area contributed by atoms with Crippen molar-refractivity contribution in [3.63, 3.8) is 0 Å². The fourth-order valence-corrected chi connectivity index (χ4v) is 2.27. The summed E-state index contributed by atoms with van der Waals surface area (Å²) in [5.74, 6) is -0.779. The quantitative estimate of drug-likeness (QED) is 0.912. The van der Waals surface area contributed by atoms with Crippen LogP contribution in [-0.4, -0.2) is 36.9 Å². The molecule has 4 nitrogen and oxygen atoms in total. The Kier molecular flexibility index (Phi) is 4.44. The zero-order chi connectivity index (χ0) is 13.0. The van der Waals surface area contributed by atoms with E-state index in [1.807, 2.05) is 24.3 Å². The predicted molar refractivity (Wildman–Crippen MR) is 70.3 cm³/mol. The van der Waals surface area contributed by atoms with E-state index in [2.05, 4.69) is 4.90 Å². The number of morpholine rings is 1. The van der Waals surface area contributed by atoms with Crippen LogP contribution in [0, 0.1) is 0 Å². The van der Waals surface area contributed by atoms with Crippen LogP contribution in [0.4, 0.5) is 5.69 Å². The van der Waals surface area contributed by atoms with E-state index in [9.17, 15) is 4.79 Å². The summed E-state index contributed by atoms with van der Waals surface area (Å²) in [7, 11) is 0. The molecule has 0 radical (unpaired) electrons. The molecule has 5 heteroatoms. The molecule has 98 valence electrons. The van der Waals surface area contributed by atoms with Gasteiger partial charge in [-0.05, 0) is 24.6 Å². The smallest absolute Gasteiger partial charge is 0.303 e. The number of halogens is 1. The first-order chi connectivity index (χ1) is 8.65. The molecule has 1 aromatic carbocycles. The highest BCUT2D eigenvalue weighted by Crippen LogP contribution is 2.22. The van der Waals surface area contributed by atoms with Gasteiger partial charge in [0.2, 0.25) is 0 Å². The zero-order valence-corrected chi connectivity index (χ0v) is 10.8. The molecule has 1 atom stereocenters. The van der Waals surface area contributed by atoms with Gasteiger partial charge in [-0.25, -0.2) is 0 Å². The van der Waals surface area contributed by atoms with Crippen molar-refractivity contribution in [1.29, 1.82) is 0 Å². The summed E-state index contributed by atoms with van der Waals surface area (Å²) in [6, 6.07) is 7.68. The van der Waals surface area contributed by atoms with Crippen LogP contribution in [0.2, 0.25) is 5.02 Å². The number of nitrogens with zero attached hydrogens (tertiary/aromatic N) is 1. The van der Waals surface area contributed by atoms with Gasteiger partial charge >= 0.3 is 5.97 Å². The number of aliphatic carboxylic acids is 1. The SMILES string of the molecule is O=C(O)CCC1CN(c2cccc(Cl)c2)CCO1. The number of hydrogen-bond donors (Lipinski definition) is 1. The summed E-state index contributed by atoms with van der Waals surface area (Å²) in [4.78, 5) is 12.7. The van der Waals surface area contributed by atoms with Crippen LogP contribution in [0.5, 0.6) is 0 Å². The third-order valence-corrected chi connectivity index (χ3v) is 3.23. The van der Waals surface area contributed by atoms with Crippen LogP contribution in [0.1, 0.15) is 12.8 Å².